The number of hydrogen-bond acceptors (Lipinski definition) is 4. The second-order valence-electron chi connectivity index (χ2n) is 4.39. The lowest BCUT2D eigenvalue weighted by Gasteiger charge is -2.21. The van der Waals surface area contributed by atoms with Gasteiger partial charge in [0.15, 0.2) is 0 Å². The number of hydrogen-bond donors (Lipinski definition) is 1. The molecular formula is C15H18BrNO2S. The molecule has 0 saturated heterocycles. The van der Waals surface area contributed by atoms with Gasteiger partial charge in [-0.1, -0.05) is 0 Å². The fraction of sp³-hybridized carbons (Fsp3) is 0.333. The molecule has 2 aromatic rings. The molecule has 1 N–H and O–H groups in total. The van der Waals surface area contributed by atoms with Gasteiger partial charge in [-0.3, -0.25) is 0 Å². The highest BCUT2D eigenvalue weighted by Crippen LogP contribution is 2.42. The Kier molecular flexibility index (Phi) is 5.07. The van der Waals surface area contributed by atoms with Gasteiger partial charge >= 0.3 is 0 Å². The Morgan fingerprint density at radius 1 is 1.20 bits per heavy atom. The van der Waals surface area contributed by atoms with Crippen LogP contribution in [0.3, 0.4) is 0 Å². The topological polar surface area (TPSA) is 30.5 Å². The summed E-state index contributed by atoms with van der Waals surface area (Å²) in [4.78, 5) is 1.29. The van der Waals surface area contributed by atoms with Crippen LogP contribution < -0.4 is 14.8 Å². The predicted octanol–water partition coefficient (Wildman–Crippen LogP) is 4.15. The van der Waals surface area contributed by atoms with Crippen LogP contribution in [0.25, 0.3) is 0 Å². The molecule has 0 radical (unpaired) electrons. The lowest BCUT2D eigenvalue weighted by Crippen LogP contribution is -2.18. The zero-order valence-electron chi connectivity index (χ0n) is 12.0. The van der Waals surface area contributed by atoms with E-state index in [0.717, 1.165) is 21.5 Å². The van der Waals surface area contributed by atoms with Gasteiger partial charge in [-0.25, -0.2) is 0 Å². The van der Waals surface area contributed by atoms with Crippen molar-refractivity contribution >= 4 is 27.3 Å². The maximum absolute atomic E-state index is 5.58. The van der Waals surface area contributed by atoms with Crippen LogP contribution in [-0.4, -0.2) is 21.3 Å². The van der Waals surface area contributed by atoms with Crippen molar-refractivity contribution in [2.45, 2.75) is 13.0 Å². The third-order valence-electron chi connectivity index (χ3n) is 3.28. The number of halogens is 1. The third kappa shape index (κ3) is 2.71. The predicted molar refractivity (Wildman–Crippen MR) is 87.2 cm³/mol. The van der Waals surface area contributed by atoms with E-state index in [9.17, 15) is 0 Å². The van der Waals surface area contributed by atoms with E-state index in [-0.39, 0.29) is 6.04 Å². The molecule has 1 aromatic carbocycles. The summed E-state index contributed by atoms with van der Waals surface area (Å²) in [7, 11) is 5.29. The smallest absolute Gasteiger partial charge is 0.141 e. The number of methoxy groups -OCH3 is 2. The van der Waals surface area contributed by atoms with Gasteiger partial charge in [-0.05, 0) is 59.0 Å². The molecular weight excluding hydrogens is 338 g/mol. The van der Waals surface area contributed by atoms with Crippen molar-refractivity contribution in [1.82, 2.24) is 5.32 Å². The van der Waals surface area contributed by atoms with Crippen LogP contribution in [0.15, 0.2) is 28.1 Å². The van der Waals surface area contributed by atoms with Gasteiger partial charge in [0.2, 0.25) is 0 Å². The average molecular weight is 356 g/mol. The molecule has 0 aliphatic heterocycles. The third-order valence-corrected chi connectivity index (χ3v) is 5.11. The largest absolute Gasteiger partial charge is 0.495 e. The molecule has 3 nitrogen and oxygen atoms in total. The molecule has 5 heteroatoms. The second kappa shape index (κ2) is 6.61. The van der Waals surface area contributed by atoms with Gasteiger partial charge in [0.05, 0.1) is 20.3 Å². The molecule has 1 aromatic heterocycles. The number of thiophene rings is 1. The van der Waals surface area contributed by atoms with E-state index >= 15 is 0 Å². The highest BCUT2D eigenvalue weighted by atomic mass is 79.9. The highest BCUT2D eigenvalue weighted by molar-refractivity contribution is 9.10. The van der Waals surface area contributed by atoms with Crippen LogP contribution in [0, 0.1) is 6.92 Å². The van der Waals surface area contributed by atoms with Gasteiger partial charge in [-0.2, -0.15) is 0 Å². The Balaban J connectivity index is 2.56. The van der Waals surface area contributed by atoms with Crippen molar-refractivity contribution in [1.29, 1.82) is 0 Å². The number of benzene rings is 1. The van der Waals surface area contributed by atoms with E-state index < -0.39 is 0 Å². The molecule has 0 aliphatic carbocycles. The van der Waals surface area contributed by atoms with Gasteiger partial charge in [-0.15, -0.1) is 11.3 Å². The van der Waals surface area contributed by atoms with Crippen LogP contribution in [0.4, 0.5) is 0 Å². The van der Waals surface area contributed by atoms with Crippen LogP contribution in [0.1, 0.15) is 22.0 Å². The van der Waals surface area contributed by atoms with Crippen molar-refractivity contribution in [3.8, 4) is 11.5 Å². The summed E-state index contributed by atoms with van der Waals surface area (Å²) in [6.07, 6.45) is 0. The van der Waals surface area contributed by atoms with E-state index in [0.29, 0.717) is 0 Å². The fourth-order valence-corrected chi connectivity index (χ4v) is 3.99. The molecule has 1 heterocycles. The molecule has 0 amide bonds. The quantitative estimate of drug-likeness (QED) is 0.873. The van der Waals surface area contributed by atoms with Crippen LogP contribution in [-0.2, 0) is 0 Å². The van der Waals surface area contributed by atoms with Gasteiger partial charge in [0, 0.05) is 10.4 Å². The van der Waals surface area contributed by atoms with Gasteiger partial charge in [0.25, 0.3) is 0 Å². The lowest BCUT2D eigenvalue weighted by atomic mass is 10.0. The van der Waals surface area contributed by atoms with Crippen molar-refractivity contribution < 1.29 is 9.47 Å². The number of aryl methyl sites for hydroxylation is 1. The first-order chi connectivity index (χ1) is 9.63. The molecule has 0 aliphatic rings. The molecule has 0 fully saturated rings. The van der Waals surface area contributed by atoms with Crippen molar-refractivity contribution in [2.75, 3.05) is 21.3 Å². The zero-order chi connectivity index (χ0) is 14.7. The first kappa shape index (κ1) is 15.4. The molecule has 0 saturated carbocycles. The minimum Gasteiger partial charge on any atom is -0.495 e. The highest BCUT2D eigenvalue weighted by Gasteiger charge is 2.22. The normalized spacial score (nSPS) is 12.2. The molecule has 20 heavy (non-hydrogen) atoms. The maximum atomic E-state index is 5.58. The summed E-state index contributed by atoms with van der Waals surface area (Å²) in [5, 5.41) is 5.48. The molecule has 108 valence electrons. The fourth-order valence-electron chi connectivity index (χ4n) is 2.25. The zero-order valence-corrected chi connectivity index (χ0v) is 14.4. The number of rotatable bonds is 5. The average Bonchev–Trinajstić information content (AvgIpc) is 2.86. The van der Waals surface area contributed by atoms with Gasteiger partial charge in [0.1, 0.15) is 16.0 Å². The molecule has 2 rings (SSSR count). The Bertz CT molecular complexity index is 598. The Labute approximate surface area is 132 Å². The van der Waals surface area contributed by atoms with Crippen LogP contribution in [0.5, 0.6) is 11.5 Å². The summed E-state index contributed by atoms with van der Waals surface area (Å²) >= 11 is 5.30. The van der Waals surface area contributed by atoms with Crippen molar-refractivity contribution in [2.24, 2.45) is 0 Å². The van der Waals surface area contributed by atoms with Crippen LogP contribution >= 0.6 is 27.3 Å². The molecule has 0 spiro atoms. The molecule has 0 bridgehead atoms. The number of nitrogens with one attached hydrogen (secondary N) is 1. The van der Waals surface area contributed by atoms with Gasteiger partial charge < -0.3 is 14.8 Å². The Morgan fingerprint density at radius 3 is 2.45 bits per heavy atom. The van der Waals surface area contributed by atoms with Crippen LogP contribution in [0.2, 0.25) is 0 Å². The molecule has 1 unspecified atom stereocenters. The maximum Gasteiger partial charge on any atom is 0.141 e. The van der Waals surface area contributed by atoms with Crippen molar-refractivity contribution in [3.63, 3.8) is 0 Å². The number of ether oxygens (including phenoxy) is 2. The standard InChI is InChI=1S/C15H18BrNO2S/c1-9-7-8-20-15(9)13(17-2)10-5-6-11(18-3)12(16)14(10)19-4/h5-8,13,17H,1-4H3. The first-order valence-electron chi connectivity index (χ1n) is 6.25. The minimum atomic E-state index is 0.104. The van der Waals surface area contributed by atoms with E-state index in [1.54, 1.807) is 25.6 Å². The van der Waals surface area contributed by atoms with E-state index in [1.807, 2.05) is 19.2 Å². The summed E-state index contributed by atoms with van der Waals surface area (Å²) in [6.45, 7) is 2.13. The van der Waals surface area contributed by atoms with Crippen molar-refractivity contribution in [3.05, 3.63) is 44.1 Å². The van der Waals surface area contributed by atoms with E-state index in [2.05, 4.69) is 39.6 Å². The summed E-state index contributed by atoms with van der Waals surface area (Å²) in [5.41, 5.74) is 2.37. The lowest BCUT2D eigenvalue weighted by molar-refractivity contribution is 0.383. The second-order valence-corrected chi connectivity index (χ2v) is 6.13. The summed E-state index contributed by atoms with van der Waals surface area (Å²) in [6, 6.07) is 6.24. The minimum absolute atomic E-state index is 0.104. The first-order valence-corrected chi connectivity index (χ1v) is 7.92. The van der Waals surface area contributed by atoms with E-state index in [1.165, 1.54) is 10.4 Å². The molecule has 1 atom stereocenters. The SMILES string of the molecule is CNC(c1ccc(OC)c(Br)c1OC)c1sccc1C. The Morgan fingerprint density at radius 2 is 1.95 bits per heavy atom. The monoisotopic (exact) mass is 355 g/mol. The summed E-state index contributed by atoms with van der Waals surface area (Å²) < 4.78 is 11.7. The summed E-state index contributed by atoms with van der Waals surface area (Å²) in [5.74, 6) is 1.57. The van der Waals surface area contributed by atoms with E-state index in [4.69, 9.17) is 9.47 Å². The Hall–Kier alpha value is -1.04.